The normalized spacial score (nSPS) is 11.1. The first-order valence-corrected chi connectivity index (χ1v) is 16.3. The van der Waals surface area contributed by atoms with E-state index >= 15 is 0 Å². The summed E-state index contributed by atoms with van der Waals surface area (Å²) in [5.41, 5.74) is 11.1. The summed E-state index contributed by atoms with van der Waals surface area (Å²) in [6.07, 6.45) is 0. The number of nitriles is 3. The van der Waals surface area contributed by atoms with Gasteiger partial charge in [0.2, 0.25) is 0 Å². The summed E-state index contributed by atoms with van der Waals surface area (Å²) in [6, 6.07) is 57.7. The fraction of sp³-hybridized carbons (Fsp3) is 0. The van der Waals surface area contributed by atoms with E-state index in [1.165, 1.54) is 10.8 Å². The Kier molecular flexibility index (Phi) is 6.56. The van der Waals surface area contributed by atoms with Crippen LogP contribution in [0.3, 0.4) is 0 Å². The first kappa shape index (κ1) is 28.8. The van der Waals surface area contributed by atoms with Gasteiger partial charge in [0.1, 0.15) is 6.07 Å². The molecule has 0 aliphatic rings. The van der Waals surface area contributed by atoms with Gasteiger partial charge in [0.25, 0.3) is 0 Å². The van der Waals surface area contributed by atoms with Gasteiger partial charge in [0, 0.05) is 32.8 Å². The maximum Gasteiger partial charge on any atom is 0.101 e. The van der Waals surface area contributed by atoms with Crippen molar-refractivity contribution in [3.63, 3.8) is 0 Å². The molecular weight excluding hydrogens is 611 g/mol. The predicted octanol–water partition coefficient (Wildman–Crippen LogP) is 10.8. The first-order valence-electron chi connectivity index (χ1n) is 16.3. The van der Waals surface area contributed by atoms with Crippen molar-refractivity contribution in [2.24, 2.45) is 0 Å². The molecule has 0 fully saturated rings. The molecular formula is C45H25N5. The third kappa shape index (κ3) is 4.31. The predicted molar refractivity (Wildman–Crippen MR) is 200 cm³/mol. The molecule has 2 aromatic heterocycles. The summed E-state index contributed by atoms with van der Waals surface area (Å²) < 4.78 is 4.42. The highest BCUT2D eigenvalue weighted by Crippen LogP contribution is 2.42. The van der Waals surface area contributed by atoms with E-state index in [2.05, 4.69) is 106 Å². The van der Waals surface area contributed by atoms with E-state index in [0.717, 1.165) is 66.5 Å². The second-order valence-corrected chi connectivity index (χ2v) is 12.3. The molecule has 7 aromatic carbocycles. The molecule has 0 aliphatic heterocycles. The van der Waals surface area contributed by atoms with Crippen LogP contribution in [0.25, 0.3) is 77.2 Å². The number of hydrogen-bond acceptors (Lipinski definition) is 3. The van der Waals surface area contributed by atoms with Gasteiger partial charge >= 0.3 is 0 Å². The summed E-state index contributed by atoms with van der Waals surface area (Å²) in [6.45, 7) is 0. The molecule has 230 valence electrons. The molecule has 0 aliphatic carbocycles. The molecule has 0 spiro atoms. The minimum atomic E-state index is 0.517. The van der Waals surface area contributed by atoms with Crippen LogP contribution in [-0.4, -0.2) is 9.13 Å². The Morgan fingerprint density at radius 3 is 1.64 bits per heavy atom. The standard InChI is InChI=1S/C45H25N5/c46-26-29-19-21-34(39(23-29)31-9-7-11-33(25-31)49-41-16-4-1-12-35(41)36-13-2-5-17-42(36)49)38-15-8-10-32(28-48)45(38)50-43-18-6-3-14-37(43)40-24-30(27-47)20-22-44(40)50/h1-25H. The van der Waals surface area contributed by atoms with Gasteiger partial charge in [-0.1, -0.05) is 84.9 Å². The summed E-state index contributed by atoms with van der Waals surface area (Å²) in [5, 5.41) is 34.6. The van der Waals surface area contributed by atoms with Crippen LogP contribution in [0.1, 0.15) is 16.7 Å². The molecule has 0 amide bonds. The van der Waals surface area contributed by atoms with Gasteiger partial charge in [-0.15, -0.1) is 0 Å². The Balaban J connectivity index is 1.32. The lowest BCUT2D eigenvalue weighted by Crippen LogP contribution is -2.02. The van der Waals surface area contributed by atoms with Crippen molar-refractivity contribution in [3.05, 3.63) is 168 Å². The number of hydrogen-bond donors (Lipinski definition) is 0. The van der Waals surface area contributed by atoms with Crippen LogP contribution in [0, 0.1) is 34.0 Å². The number of nitrogens with zero attached hydrogens (tertiary/aromatic N) is 5. The number of aromatic nitrogens is 2. The van der Waals surface area contributed by atoms with Crippen molar-refractivity contribution in [3.8, 4) is 51.8 Å². The Morgan fingerprint density at radius 2 is 0.960 bits per heavy atom. The SMILES string of the molecule is N#Cc1ccc(-c2cccc(C#N)c2-n2c3ccccc3c3cc(C#N)ccc32)c(-c2cccc(-n3c4ccccc4c4ccccc43)c2)c1. The molecule has 5 nitrogen and oxygen atoms in total. The highest BCUT2D eigenvalue weighted by molar-refractivity contribution is 6.11. The molecule has 2 heterocycles. The van der Waals surface area contributed by atoms with Crippen molar-refractivity contribution < 1.29 is 0 Å². The molecule has 9 aromatic rings. The number of rotatable bonds is 4. The van der Waals surface area contributed by atoms with E-state index in [4.69, 9.17) is 0 Å². The smallest absolute Gasteiger partial charge is 0.101 e. The number of fused-ring (bicyclic) bond motifs is 6. The van der Waals surface area contributed by atoms with Gasteiger partial charge in [-0.3, -0.25) is 0 Å². The summed E-state index contributed by atoms with van der Waals surface area (Å²) in [5.74, 6) is 0. The first-order chi connectivity index (χ1) is 24.7. The van der Waals surface area contributed by atoms with Gasteiger partial charge < -0.3 is 9.13 Å². The summed E-state index contributed by atoms with van der Waals surface area (Å²) in [7, 11) is 0. The van der Waals surface area contributed by atoms with Crippen LogP contribution in [0.2, 0.25) is 0 Å². The van der Waals surface area contributed by atoms with Crippen LogP contribution in [0.15, 0.2) is 152 Å². The van der Waals surface area contributed by atoms with Crippen LogP contribution in [0.4, 0.5) is 0 Å². The second kappa shape index (κ2) is 11.4. The fourth-order valence-electron chi connectivity index (χ4n) is 7.48. The lowest BCUT2D eigenvalue weighted by Gasteiger charge is -2.19. The van der Waals surface area contributed by atoms with Gasteiger partial charge in [-0.25, -0.2) is 0 Å². The molecule has 5 heteroatoms. The van der Waals surface area contributed by atoms with E-state index in [-0.39, 0.29) is 0 Å². The minimum Gasteiger partial charge on any atom is -0.309 e. The molecule has 9 rings (SSSR count). The van der Waals surface area contributed by atoms with Crippen LogP contribution in [-0.2, 0) is 0 Å². The molecule has 0 bridgehead atoms. The molecule has 0 radical (unpaired) electrons. The van der Waals surface area contributed by atoms with Gasteiger partial charge in [0.15, 0.2) is 0 Å². The fourth-order valence-corrected chi connectivity index (χ4v) is 7.48. The van der Waals surface area contributed by atoms with Crippen molar-refractivity contribution in [2.45, 2.75) is 0 Å². The third-order valence-electron chi connectivity index (χ3n) is 9.62. The van der Waals surface area contributed by atoms with E-state index in [9.17, 15) is 15.8 Å². The zero-order chi connectivity index (χ0) is 33.8. The van der Waals surface area contributed by atoms with Crippen LogP contribution >= 0.6 is 0 Å². The second-order valence-electron chi connectivity index (χ2n) is 12.3. The Morgan fingerprint density at radius 1 is 0.380 bits per heavy atom. The highest BCUT2D eigenvalue weighted by atomic mass is 15.0. The summed E-state index contributed by atoms with van der Waals surface area (Å²) >= 11 is 0. The zero-order valence-corrected chi connectivity index (χ0v) is 26.7. The van der Waals surface area contributed by atoms with E-state index in [1.54, 1.807) is 0 Å². The van der Waals surface area contributed by atoms with Crippen molar-refractivity contribution in [2.75, 3.05) is 0 Å². The average Bonchev–Trinajstić information content (AvgIpc) is 3.70. The third-order valence-corrected chi connectivity index (χ3v) is 9.62. The van der Waals surface area contributed by atoms with Gasteiger partial charge in [0.05, 0.1) is 56.6 Å². The number of para-hydroxylation sites is 4. The molecule has 50 heavy (non-hydrogen) atoms. The van der Waals surface area contributed by atoms with Crippen molar-refractivity contribution in [1.29, 1.82) is 15.8 Å². The number of benzene rings is 7. The zero-order valence-electron chi connectivity index (χ0n) is 26.7. The van der Waals surface area contributed by atoms with Gasteiger partial charge in [-0.2, -0.15) is 15.8 Å². The van der Waals surface area contributed by atoms with E-state index in [0.29, 0.717) is 16.7 Å². The molecule has 0 atom stereocenters. The molecule has 0 saturated heterocycles. The van der Waals surface area contributed by atoms with Gasteiger partial charge in [-0.05, 0) is 83.4 Å². The van der Waals surface area contributed by atoms with E-state index < -0.39 is 0 Å². The topological polar surface area (TPSA) is 81.2 Å². The molecule has 0 saturated carbocycles. The average molecular weight is 636 g/mol. The van der Waals surface area contributed by atoms with E-state index in [1.807, 2.05) is 72.8 Å². The highest BCUT2D eigenvalue weighted by Gasteiger charge is 2.21. The largest absolute Gasteiger partial charge is 0.309 e. The molecule has 0 N–H and O–H groups in total. The Labute approximate surface area is 287 Å². The molecule has 0 unspecified atom stereocenters. The summed E-state index contributed by atoms with van der Waals surface area (Å²) in [4.78, 5) is 0. The lowest BCUT2D eigenvalue weighted by atomic mass is 9.90. The Bertz CT molecular complexity index is 2920. The lowest BCUT2D eigenvalue weighted by molar-refractivity contribution is 1.17. The monoisotopic (exact) mass is 635 g/mol. The van der Waals surface area contributed by atoms with Crippen molar-refractivity contribution >= 4 is 43.6 Å². The Hall–Kier alpha value is -7.39. The quantitative estimate of drug-likeness (QED) is 0.193. The maximum absolute atomic E-state index is 10.5. The van der Waals surface area contributed by atoms with Crippen LogP contribution < -0.4 is 0 Å². The minimum absolute atomic E-state index is 0.517. The van der Waals surface area contributed by atoms with Crippen molar-refractivity contribution in [1.82, 2.24) is 9.13 Å². The van der Waals surface area contributed by atoms with Crippen LogP contribution in [0.5, 0.6) is 0 Å². The maximum atomic E-state index is 10.5.